The van der Waals surface area contributed by atoms with Gasteiger partial charge in [0, 0.05) is 31.1 Å². The Labute approximate surface area is 206 Å². The Morgan fingerprint density at radius 1 is 1.09 bits per heavy atom. The molecule has 1 fully saturated rings. The van der Waals surface area contributed by atoms with Crippen LogP contribution in [0.2, 0.25) is 5.02 Å². The summed E-state index contributed by atoms with van der Waals surface area (Å²) in [4.78, 5) is 26.4. The van der Waals surface area contributed by atoms with Crippen molar-refractivity contribution in [2.45, 2.75) is 58.9 Å². The molecule has 2 aliphatic rings. The number of aryl methyl sites for hydroxylation is 1. The molecule has 1 spiro atoms. The lowest BCUT2D eigenvalue weighted by Crippen LogP contribution is -2.49. The van der Waals surface area contributed by atoms with Gasteiger partial charge in [0.15, 0.2) is 0 Å². The molecular formula is C28H32ClNO4. The molecule has 4 rings (SSSR count). The molecule has 2 aromatic rings. The maximum absolute atomic E-state index is 13.6. The highest BCUT2D eigenvalue weighted by Crippen LogP contribution is 2.44. The molecule has 0 atom stereocenters. The van der Waals surface area contributed by atoms with Gasteiger partial charge in [0.2, 0.25) is 0 Å². The minimum absolute atomic E-state index is 0.189. The molecule has 0 radical (unpaired) electrons. The van der Waals surface area contributed by atoms with E-state index in [-0.39, 0.29) is 17.8 Å². The summed E-state index contributed by atoms with van der Waals surface area (Å²) >= 11 is 6.13. The van der Waals surface area contributed by atoms with Crippen LogP contribution < -0.4 is 5.32 Å². The third-order valence-electron chi connectivity index (χ3n) is 6.80. The van der Waals surface area contributed by atoms with Gasteiger partial charge in [-0.25, -0.2) is 0 Å². The first-order valence-corrected chi connectivity index (χ1v) is 12.5. The molecule has 0 bridgehead atoms. The smallest absolute Gasteiger partial charge is 0.313 e. The second kappa shape index (κ2) is 9.93. The van der Waals surface area contributed by atoms with E-state index < -0.39 is 5.54 Å². The van der Waals surface area contributed by atoms with Crippen molar-refractivity contribution in [1.82, 2.24) is 5.32 Å². The van der Waals surface area contributed by atoms with E-state index in [0.29, 0.717) is 42.4 Å². The second-order valence-electron chi connectivity index (χ2n) is 9.27. The van der Waals surface area contributed by atoms with Crippen LogP contribution in [0.1, 0.15) is 57.2 Å². The number of rotatable bonds is 6. The maximum atomic E-state index is 13.6. The molecule has 1 saturated heterocycles. The van der Waals surface area contributed by atoms with Crippen molar-refractivity contribution in [3.05, 3.63) is 63.9 Å². The summed E-state index contributed by atoms with van der Waals surface area (Å²) in [5.41, 5.74) is 4.85. The molecule has 6 heteroatoms. The summed E-state index contributed by atoms with van der Waals surface area (Å²) in [7, 11) is 0. The quantitative estimate of drug-likeness (QED) is 0.536. The number of amides is 1. The van der Waals surface area contributed by atoms with E-state index >= 15 is 0 Å². The van der Waals surface area contributed by atoms with Gasteiger partial charge < -0.3 is 14.8 Å². The van der Waals surface area contributed by atoms with Crippen LogP contribution in [0.3, 0.4) is 0 Å². The molecular weight excluding hydrogens is 450 g/mol. The van der Waals surface area contributed by atoms with Crippen molar-refractivity contribution in [3.63, 3.8) is 0 Å². The lowest BCUT2D eigenvalue weighted by Gasteiger charge is -2.35. The lowest BCUT2D eigenvalue weighted by molar-refractivity contribution is -0.144. The molecule has 0 aromatic heterocycles. The van der Waals surface area contributed by atoms with Crippen molar-refractivity contribution < 1.29 is 19.1 Å². The van der Waals surface area contributed by atoms with E-state index in [1.165, 1.54) is 0 Å². The minimum Gasteiger partial charge on any atom is -0.427 e. The van der Waals surface area contributed by atoms with Crippen molar-refractivity contribution in [1.29, 1.82) is 0 Å². The molecule has 0 unspecified atom stereocenters. The fourth-order valence-electron chi connectivity index (χ4n) is 4.91. The summed E-state index contributed by atoms with van der Waals surface area (Å²) in [5.74, 6) is -0.374. The van der Waals surface area contributed by atoms with Gasteiger partial charge >= 0.3 is 5.97 Å². The molecule has 2 heterocycles. The Morgan fingerprint density at radius 2 is 1.76 bits per heavy atom. The van der Waals surface area contributed by atoms with Crippen LogP contribution >= 0.6 is 11.6 Å². The summed E-state index contributed by atoms with van der Waals surface area (Å²) < 4.78 is 11.6. The summed E-state index contributed by atoms with van der Waals surface area (Å²) in [5, 5.41) is 3.87. The lowest BCUT2D eigenvalue weighted by atomic mass is 9.83. The number of esters is 1. The molecule has 2 aliphatic heterocycles. The zero-order valence-corrected chi connectivity index (χ0v) is 21.1. The van der Waals surface area contributed by atoms with Crippen LogP contribution in [0.25, 0.3) is 16.7 Å². The van der Waals surface area contributed by atoms with Gasteiger partial charge in [-0.15, -0.1) is 0 Å². The van der Waals surface area contributed by atoms with Crippen LogP contribution in [0.4, 0.5) is 0 Å². The molecule has 1 amide bonds. The highest BCUT2D eigenvalue weighted by Gasteiger charge is 2.49. The average molecular weight is 482 g/mol. The van der Waals surface area contributed by atoms with Crippen molar-refractivity contribution >= 4 is 29.1 Å². The first kappa shape index (κ1) is 24.5. The fourth-order valence-corrected chi connectivity index (χ4v) is 5.04. The van der Waals surface area contributed by atoms with Gasteiger partial charge in [-0.05, 0) is 52.8 Å². The first-order valence-electron chi connectivity index (χ1n) is 12.1. The van der Waals surface area contributed by atoms with Gasteiger partial charge in [0.05, 0.1) is 11.5 Å². The van der Waals surface area contributed by atoms with Gasteiger partial charge in [-0.3, -0.25) is 9.59 Å². The average Bonchev–Trinajstić information content (AvgIpc) is 3.08. The first-order chi connectivity index (χ1) is 16.3. The summed E-state index contributed by atoms with van der Waals surface area (Å²) in [6, 6.07) is 11.9. The zero-order valence-electron chi connectivity index (χ0n) is 20.3. The van der Waals surface area contributed by atoms with E-state index in [4.69, 9.17) is 21.1 Å². The Morgan fingerprint density at radius 3 is 2.35 bits per heavy atom. The monoisotopic (exact) mass is 481 g/mol. The van der Waals surface area contributed by atoms with E-state index in [1.807, 2.05) is 24.3 Å². The Balaban J connectivity index is 1.99. The Bertz CT molecular complexity index is 1130. The number of benzene rings is 2. The molecule has 34 heavy (non-hydrogen) atoms. The van der Waals surface area contributed by atoms with Crippen LogP contribution in [0.5, 0.6) is 0 Å². The van der Waals surface area contributed by atoms with Crippen LogP contribution in [-0.4, -0.2) is 30.6 Å². The Kier molecular flexibility index (Phi) is 7.15. The largest absolute Gasteiger partial charge is 0.427 e. The van der Waals surface area contributed by atoms with Gasteiger partial charge in [0.1, 0.15) is 11.3 Å². The number of halogens is 1. The Hall–Kier alpha value is -2.63. The molecule has 0 saturated carbocycles. The fraction of sp³-hybridized carbons (Fsp3) is 0.429. The third-order valence-corrected chi connectivity index (χ3v) is 7.05. The summed E-state index contributed by atoms with van der Waals surface area (Å²) in [6.07, 6.45) is 2.62. The van der Waals surface area contributed by atoms with E-state index in [2.05, 4.69) is 31.3 Å². The minimum atomic E-state index is -0.721. The number of hydrogen-bond donors (Lipinski definition) is 1. The number of hydrogen-bond acceptors (Lipinski definition) is 4. The number of carbonyl (C=O) groups is 2. The van der Waals surface area contributed by atoms with Crippen molar-refractivity contribution in [3.8, 4) is 11.1 Å². The number of ether oxygens (including phenoxy) is 2. The normalized spacial score (nSPS) is 17.4. The predicted octanol–water partition coefficient (Wildman–Crippen LogP) is 5.72. The van der Waals surface area contributed by atoms with Gasteiger partial charge in [-0.2, -0.15) is 0 Å². The van der Waals surface area contributed by atoms with E-state index in [0.717, 1.165) is 40.7 Å². The van der Waals surface area contributed by atoms with Crippen molar-refractivity contribution in [2.24, 2.45) is 5.92 Å². The number of nitrogens with one attached hydrogen (secondary N) is 1. The number of carbonyl (C=O) groups excluding carboxylic acids is 2. The molecule has 0 aliphatic carbocycles. The third kappa shape index (κ3) is 4.39. The zero-order chi connectivity index (χ0) is 24.5. The molecule has 2 aromatic carbocycles. The van der Waals surface area contributed by atoms with Gasteiger partial charge in [-0.1, -0.05) is 63.6 Å². The van der Waals surface area contributed by atoms with E-state index in [1.54, 1.807) is 13.8 Å². The van der Waals surface area contributed by atoms with E-state index in [9.17, 15) is 9.59 Å². The second-order valence-corrected chi connectivity index (χ2v) is 9.70. The molecule has 180 valence electrons. The highest BCUT2D eigenvalue weighted by molar-refractivity contribution is 6.30. The maximum Gasteiger partial charge on any atom is 0.313 e. The SMILES string of the molecule is CCc1ccc(-c2ccc(Cl)cc2)c(CC)c1C1=C(OC(=O)C(C)C)C2(CCOCC2)NC1=O. The molecule has 1 N–H and O–H groups in total. The van der Waals surface area contributed by atoms with Crippen LogP contribution in [0.15, 0.2) is 42.2 Å². The summed E-state index contributed by atoms with van der Waals surface area (Å²) in [6.45, 7) is 8.79. The van der Waals surface area contributed by atoms with Crippen LogP contribution in [0, 0.1) is 5.92 Å². The van der Waals surface area contributed by atoms with Crippen molar-refractivity contribution in [2.75, 3.05) is 13.2 Å². The molecule has 5 nitrogen and oxygen atoms in total. The highest BCUT2D eigenvalue weighted by atomic mass is 35.5. The van der Waals surface area contributed by atoms with Crippen LogP contribution in [-0.2, 0) is 31.9 Å². The standard InChI is InChI=1S/C28H32ClNO4/c1-5-18-9-12-22(19-7-10-20(29)11-8-19)21(6-2)23(18)24-25(34-27(32)17(3)4)28(30-26(24)31)13-15-33-16-14-28/h7-12,17H,5-6,13-16H2,1-4H3,(H,30,31). The predicted molar refractivity (Wildman–Crippen MR) is 134 cm³/mol. The topological polar surface area (TPSA) is 64.6 Å². The van der Waals surface area contributed by atoms with Gasteiger partial charge in [0.25, 0.3) is 5.91 Å².